The first-order valence-electron chi connectivity index (χ1n) is 8.22. The smallest absolute Gasteiger partial charge is 0.251 e. The van der Waals surface area contributed by atoms with Crippen molar-refractivity contribution in [3.63, 3.8) is 0 Å². The van der Waals surface area contributed by atoms with Crippen molar-refractivity contribution in [2.24, 2.45) is 0 Å². The third-order valence-electron chi connectivity index (χ3n) is 4.51. The molecule has 1 aliphatic rings. The fourth-order valence-corrected chi connectivity index (χ4v) is 2.94. The van der Waals surface area contributed by atoms with Gasteiger partial charge in [0.15, 0.2) is 0 Å². The molecule has 0 spiro atoms. The van der Waals surface area contributed by atoms with Gasteiger partial charge in [0.2, 0.25) is 5.91 Å². The van der Waals surface area contributed by atoms with Crippen molar-refractivity contribution in [3.8, 4) is 0 Å². The summed E-state index contributed by atoms with van der Waals surface area (Å²) in [6.45, 7) is 4.71. The standard InChI is InChI=1S/C20H22N2O2/c1-13(2)15-5-7-16(8-6-15)20(24)21-12-14-4-9-18-17(10-14)11-19(23)22(18)3/h4-10,13H,11-12H2,1-3H3,(H,21,24). The van der Waals surface area contributed by atoms with Crippen LogP contribution in [0.5, 0.6) is 0 Å². The first kappa shape index (κ1) is 16.2. The van der Waals surface area contributed by atoms with Gasteiger partial charge >= 0.3 is 0 Å². The number of nitrogens with zero attached hydrogens (tertiary/aromatic N) is 1. The van der Waals surface area contributed by atoms with Crippen molar-refractivity contribution in [2.45, 2.75) is 32.7 Å². The van der Waals surface area contributed by atoms with E-state index in [1.54, 1.807) is 11.9 Å². The average molecular weight is 322 g/mol. The van der Waals surface area contributed by atoms with Crippen LogP contribution in [-0.4, -0.2) is 18.9 Å². The molecule has 124 valence electrons. The largest absolute Gasteiger partial charge is 0.348 e. The first-order valence-corrected chi connectivity index (χ1v) is 8.22. The van der Waals surface area contributed by atoms with Crippen molar-refractivity contribution in [2.75, 3.05) is 11.9 Å². The van der Waals surface area contributed by atoms with Crippen molar-refractivity contribution < 1.29 is 9.59 Å². The van der Waals surface area contributed by atoms with Gasteiger partial charge in [0.05, 0.1) is 6.42 Å². The zero-order valence-corrected chi connectivity index (χ0v) is 14.3. The minimum Gasteiger partial charge on any atom is -0.348 e. The van der Waals surface area contributed by atoms with E-state index >= 15 is 0 Å². The van der Waals surface area contributed by atoms with Gasteiger partial charge in [0.1, 0.15) is 0 Å². The Hall–Kier alpha value is -2.62. The minimum atomic E-state index is -0.0843. The first-order chi connectivity index (χ1) is 11.5. The number of anilines is 1. The minimum absolute atomic E-state index is 0.0843. The Labute approximate surface area is 142 Å². The van der Waals surface area contributed by atoms with Gasteiger partial charge < -0.3 is 10.2 Å². The molecule has 0 aromatic heterocycles. The maximum Gasteiger partial charge on any atom is 0.251 e. The van der Waals surface area contributed by atoms with Crippen LogP contribution in [-0.2, 0) is 17.8 Å². The molecule has 2 amide bonds. The van der Waals surface area contributed by atoms with Gasteiger partial charge in [-0.25, -0.2) is 0 Å². The summed E-state index contributed by atoms with van der Waals surface area (Å²) in [4.78, 5) is 25.7. The van der Waals surface area contributed by atoms with Gasteiger partial charge in [0.25, 0.3) is 5.91 Å². The van der Waals surface area contributed by atoms with Gasteiger partial charge in [-0.2, -0.15) is 0 Å². The van der Waals surface area contributed by atoms with E-state index < -0.39 is 0 Å². The van der Waals surface area contributed by atoms with Gasteiger partial charge in [-0.3, -0.25) is 9.59 Å². The summed E-state index contributed by atoms with van der Waals surface area (Å²) >= 11 is 0. The fraction of sp³-hybridized carbons (Fsp3) is 0.300. The Kier molecular flexibility index (Phi) is 4.38. The lowest BCUT2D eigenvalue weighted by molar-refractivity contribution is -0.117. The Morgan fingerprint density at radius 3 is 2.54 bits per heavy atom. The van der Waals surface area contributed by atoms with Crippen LogP contribution in [0.1, 0.15) is 46.8 Å². The molecule has 0 fully saturated rings. The molecule has 3 rings (SSSR count). The molecule has 2 aromatic rings. The van der Waals surface area contributed by atoms with Gasteiger partial charge in [0, 0.05) is 24.8 Å². The van der Waals surface area contributed by atoms with Crippen LogP contribution in [0.25, 0.3) is 0 Å². The lowest BCUT2D eigenvalue weighted by atomic mass is 10.0. The summed E-state index contributed by atoms with van der Waals surface area (Å²) in [7, 11) is 1.79. The molecule has 24 heavy (non-hydrogen) atoms. The van der Waals surface area contributed by atoms with Crippen LogP contribution < -0.4 is 10.2 Å². The van der Waals surface area contributed by atoms with E-state index in [4.69, 9.17) is 0 Å². The fourth-order valence-electron chi connectivity index (χ4n) is 2.94. The highest BCUT2D eigenvalue weighted by Gasteiger charge is 2.23. The molecule has 0 saturated carbocycles. The van der Waals surface area contributed by atoms with E-state index in [-0.39, 0.29) is 11.8 Å². The second-order valence-electron chi connectivity index (χ2n) is 6.55. The van der Waals surface area contributed by atoms with E-state index in [1.807, 2.05) is 42.5 Å². The highest BCUT2D eigenvalue weighted by atomic mass is 16.2. The van der Waals surface area contributed by atoms with E-state index in [0.717, 1.165) is 16.8 Å². The molecule has 4 heteroatoms. The van der Waals surface area contributed by atoms with Crippen molar-refractivity contribution in [1.82, 2.24) is 5.32 Å². The Morgan fingerprint density at radius 2 is 1.88 bits per heavy atom. The van der Waals surface area contributed by atoms with E-state index in [1.165, 1.54) is 5.56 Å². The third kappa shape index (κ3) is 3.18. The predicted octanol–water partition coefficient (Wildman–Crippen LogP) is 3.26. The summed E-state index contributed by atoms with van der Waals surface area (Å²) in [6, 6.07) is 13.6. The summed E-state index contributed by atoms with van der Waals surface area (Å²) in [5.41, 5.74) is 4.87. The zero-order valence-electron chi connectivity index (χ0n) is 14.3. The molecule has 0 aliphatic carbocycles. The monoisotopic (exact) mass is 322 g/mol. The number of fused-ring (bicyclic) bond motifs is 1. The van der Waals surface area contributed by atoms with E-state index in [0.29, 0.717) is 24.4 Å². The summed E-state index contributed by atoms with van der Waals surface area (Å²) in [5, 5.41) is 2.94. The lowest BCUT2D eigenvalue weighted by Crippen LogP contribution is -2.22. The molecule has 0 bridgehead atoms. The van der Waals surface area contributed by atoms with Crippen molar-refractivity contribution in [3.05, 3.63) is 64.7 Å². The molecule has 1 heterocycles. The van der Waals surface area contributed by atoms with Crippen LogP contribution in [0.15, 0.2) is 42.5 Å². The molecule has 4 nitrogen and oxygen atoms in total. The Balaban J connectivity index is 1.65. The number of benzene rings is 2. The molecule has 2 aromatic carbocycles. The van der Waals surface area contributed by atoms with Gasteiger partial charge in [-0.05, 0) is 40.8 Å². The molecule has 0 atom stereocenters. The number of rotatable bonds is 4. The number of carbonyl (C=O) groups excluding carboxylic acids is 2. The quantitative estimate of drug-likeness (QED) is 0.939. The van der Waals surface area contributed by atoms with Gasteiger partial charge in [-0.1, -0.05) is 38.1 Å². The third-order valence-corrected chi connectivity index (χ3v) is 4.51. The van der Waals surface area contributed by atoms with E-state index in [2.05, 4.69) is 19.2 Å². The number of amides is 2. The maximum absolute atomic E-state index is 12.3. The topological polar surface area (TPSA) is 49.4 Å². The summed E-state index contributed by atoms with van der Waals surface area (Å²) in [6.07, 6.45) is 0.435. The second kappa shape index (κ2) is 6.48. The highest BCUT2D eigenvalue weighted by molar-refractivity contribution is 6.01. The molecular weight excluding hydrogens is 300 g/mol. The average Bonchev–Trinajstić information content (AvgIpc) is 2.86. The SMILES string of the molecule is CC(C)c1ccc(C(=O)NCc2ccc3c(c2)CC(=O)N3C)cc1. The molecule has 0 radical (unpaired) electrons. The van der Waals surface area contributed by atoms with Gasteiger partial charge in [-0.15, -0.1) is 0 Å². The van der Waals surface area contributed by atoms with Crippen molar-refractivity contribution in [1.29, 1.82) is 0 Å². The molecule has 1 N–H and O–H groups in total. The molecular formula is C20H22N2O2. The molecule has 0 unspecified atom stereocenters. The highest BCUT2D eigenvalue weighted by Crippen LogP contribution is 2.28. The van der Waals surface area contributed by atoms with Crippen LogP contribution in [0, 0.1) is 0 Å². The number of hydrogen-bond donors (Lipinski definition) is 1. The summed E-state index contributed by atoms with van der Waals surface area (Å²) < 4.78 is 0. The van der Waals surface area contributed by atoms with E-state index in [9.17, 15) is 9.59 Å². The number of nitrogens with one attached hydrogen (secondary N) is 1. The van der Waals surface area contributed by atoms with Crippen LogP contribution in [0.3, 0.4) is 0 Å². The van der Waals surface area contributed by atoms with Crippen molar-refractivity contribution >= 4 is 17.5 Å². The zero-order chi connectivity index (χ0) is 17.3. The summed E-state index contributed by atoms with van der Waals surface area (Å²) in [5.74, 6) is 0.477. The number of hydrogen-bond acceptors (Lipinski definition) is 2. The normalized spacial score (nSPS) is 13.3. The molecule has 1 aliphatic heterocycles. The molecule has 0 saturated heterocycles. The number of likely N-dealkylation sites (N-methyl/N-ethyl adjacent to an activating group) is 1. The van der Waals surface area contributed by atoms with Crippen LogP contribution >= 0.6 is 0 Å². The maximum atomic E-state index is 12.3. The Bertz CT molecular complexity index is 779. The number of carbonyl (C=O) groups is 2. The Morgan fingerprint density at radius 1 is 1.17 bits per heavy atom. The second-order valence-corrected chi connectivity index (χ2v) is 6.55. The predicted molar refractivity (Wildman–Crippen MR) is 95.3 cm³/mol. The van der Waals surface area contributed by atoms with Crippen LogP contribution in [0.2, 0.25) is 0 Å². The lowest BCUT2D eigenvalue weighted by Gasteiger charge is -2.11. The van der Waals surface area contributed by atoms with Crippen LogP contribution in [0.4, 0.5) is 5.69 Å².